The van der Waals surface area contributed by atoms with Gasteiger partial charge in [0.1, 0.15) is 5.82 Å². The normalized spacial score (nSPS) is 29.3. The van der Waals surface area contributed by atoms with Crippen LogP contribution in [0.1, 0.15) is 26.2 Å². The Morgan fingerprint density at radius 2 is 2.38 bits per heavy atom. The van der Waals surface area contributed by atoms with E-state index in [1.54, 1.807) is 6.07 Å². The van der Waals surface area contributed by atoms with Gasteiger partial charge < -0.3 is 11.1 Å². The first-order valence-corrected chi connectivity index (χ1v) is 5.90. The highest BCUT2D eigenvalue weighted by atomic mass is 19.1. The Kier molecular flexibility index (Phi) is 3.15. The molecule has 1 fully saturated rings. The SMILES string of the molecule is CC1CCCC1(CN)Nc1cccc(F)c1. The van der Waals surface area contributed by atoms with E-state index in [1.165, 1.54) is 25.0 Å². The van der Waals surface area contributed by atoms with E-state index in [1.807, 2.05) is 6.07 Å². The Bertz CT molecular complexity index is 367. The molecule has 1 aromatic rings. The second kappa shape index (κ2) is 4.42. The first-order chi connectivity index (χ1) is 7.66. The Labute approximate surface area is 96.0 Å². The van der Waals surface area contributed by atoms with Crippen molar-refractivity contribution in [2.24, 2.45) is 11.7 Å². The Morgan fingerprint density at radius 3 is 2.94 bits per heavy atom. The molecule has 88 valence electrons. The number of nitrogens with one attached hydrogen (secondary N) is 1. The topological polar surface area (TPSA) is 38.0 Å². The minimum Gasteiger partial charge on any atom is -0.378 e. The van der Waals surface area contributed by atoms with E-state index in [9.17, 15) is 4.39 Å². The zero-order valence-corrected chi connectivity index (χ0v) is 9.67. The van der Waals surface area contributed by atoms with Crippen LogP contribution in [0.3, 0.4) is 0 Å². The molecule has 2 atom stereocenters. The van der Waals surface area contributed by atoms with Gasteiger partial charge in [0, 0.05) is 12.2 Å². The summed E-state index contributed by atoms with van der Waals surface area (Å²) in [6, 6.07) is 6.61. The standard InChI is InChI=1S/C13H19FN2/c1-10-4-3-7-13(10,9-15)16-12-6-2-5-11(14)8-12/h2,5-6,8,10,16H,3-4,7,9,15H2,1H3. The quantitative estimate of drug-likeness (QED) is 0.825. The van der Waals surface area contributed by atoms with Crippen LogP contribution in [0.15, 0.2) is 24.3 Å². The van der Waals surface area contributed by atoms with Crippen molar-refractivity contribution < 1.29 is 4.39 Å². The maximum Gasteiger partial charge on any atom is 0.125 e. The fourth-order valence-electron chi connectivity index (χ4n) is 2.64. The highest BCUT2D eigenvalue weighted by Gasteiger charge is 2.38. The van der Waals surface area contributed by atoms with Gasteiger partial charge in [-0.2, -0.15) is 0 Å². The van der Waals surface area contributed by atoms with Crippen molar-refractivity contribution in [1.29, 1.82) is 0 Å². The second-order valence-electron chi connectivity index (χ2n) is 4.79. The summed E-state index contributed by atoms with van der Waals surface area (Å²) in [4.78, 5) is 0. The molecule has 0 saturated heterocycles. The molecule has 0 radical (unpaired) electrons. The monoisotopic (exact) mass is 222 g/mol. The molecule has 2 unspecified atom stereocenters. The van der Waals surface area contributed by atoms with Crippen LogP contribution in [0, 0.1) is 11.7 Å². The van der Waals surface area contributed by atoms with Gasteiger partial charge in [-0.25, -0.2) is 4.39 Å². The second-order valence-corrected chi connectivity index (χ2v) is 4.79. The maximum atomic E-state index is 13.1. The fraction of sp³-hybridized carbons (Fsp3) is 0.538. The predicted molar refractivity (Wildman–Crippen MR) is 64.8 cm³/mol. The third kappa shape index (κ3) is 2.05. The number of nitrogens with two attached hydrogens (primary N) is 1. The van der Waals surface area contributed by atoms with Crippen molar-refractivity contribution in [3.05, 3.63) is 30.1 Å². The Balaban J connectivity index is 2.18. The molecule has 0 aromatic heterocycles. The van der Waals surface area contributed by atoms with E-state index in [0.29, 0.717) is 12.5 Å². The fourth-order valence-corrected chi connectivity index (χ4v) is 2.64. The molecule has 1 aliphatic carbocycles. The van der Waals surface area contributed by atoms with E-state index in [4.69, 9.17) is 5.73 Å². The van der Waals surface area contributed by atoms with Crippen molar-refractivity contribution in [3.63, 3.8) is 0 Å². The smallest absolute Gasteiger partial charge is 0.125 e. The summed E-state index contributed by atoms with van der Waals surface area (Å²) >= 11 is 0. The average Bonchev–Trinajstić information content (AvgIpc) is 2.61. The van der Waals surface area contributed by atoms with Crippen LogP contribution in [0.25, 0.3) is 0 Å². The molecule has 0 aliphatic heterocycles. The van der Waals surface area contributed by atoms with Crippen molar-refractivity contribution in [2.45, 2.75) is 31.7 Å². The summed E-state index contributed by atoms with van der Waals surface area (Å²) in [6.45, 7) is 2.82. The number of hydrogen-bond donors (Lipinski definition) is 2. The summed E-state index contributed by atoms with van der Waals surface area (Å²) in [7, 11) is 0. The lowest BCUT2D eigenvalue weighted by Crippen LogP contribution is -2.47. The van der Waals surface area contributed by atoms with Gasteiger partial charge in [-0.15, -0.1) is 0 Å². The Morgan fingerprint density at radius 1 is 1.56 bits per heavy atom. The van der Waals surface area contributed by atoms with Crippen LogP contribution >= 0.6 is 0 Å². The number of halogens is 1. The molecule has 0 spiro atoms. The molecule has 1 aromatic carbocycles. The average molecular weight is 222 g/mol. The van der Waals surface area contributed by atoms with Gasteiger partial charge in [0.2, 0.25) is 0 Å². The lowest BCUT2D eigenvalue weighted by atomic mass is 9.88. The summed E-state index contributed by atoms with van der Waals surface area (Å²) in [6.07, 6.45) is 3.46. The molecule has 1 aliphatic rings. The van der Waals surface area contributed by atoms with E-state index < -0.39 is 0 Å². The van der Waals surface area contributed by atoms with Crippen LogP contribution < -0.4 is 11.1 Å². The molecule has 16 heavy (non-hydrogen) atoms. The van der Waals surface area contributed by atoms with Gasteiger partial charge in [-0.1, -0.05) is 19.4 Å². The summed E-state index contributed by atoms with van der Waals surface area (Å²) < 4.78 is 13.1. The van der Waals surface area contributed by atoms with Gasteiger partial charge >= 0.3 is 0 Å². The Hall–Kier alpha value is -1.09. The van der Waals surface area contributed by atoms with Crippen LogP contribution in [0.2, 0.25) is 0 Å². The molecule has 3 heteroatoms. The van der Waals surface area contributed by atoms with Crippen molar-refractivity contribution in [2.75, 3.05) is 11.9 Å². The maximum absolute atomic E-state index is 13.1. The molecular weight excluding hydrogens is 203 g/mol. The largest absolute Gasteiger partial charge is 0.378 e. The van der Waals surface area contributed by atoms with Crippen molar-refractivity contribution in [3.8, 4) is 0 Å². The molecule has 3 N–H and O–H groups in total. The molecule has 0 amide bonds. The molecule has 2 nitrogen and oxygen atoms in total. The van der Waals surface area contributed by atoms with Gasteiger partial charge in [0.05, 0.1) is 5.54 Å². The van der Waals surface area contributed by atoms with Crippen LogP contribution in [-0.2, 0) is 0 Å². The van der Waals surface area contributed by atoms with Crippen LogP contribution in [0.5, 0.6) is 0 Å². The third-order valence-electron chi connectivity index (χ3n) is 3.79. The van der Waals surface area contributed by atoms with Gasteiger partial charge in [0.25, 0.3) is 0 Å². The highest BCUT2D eigenvalue weighted by Crippen LogP contribution is 2.37. The number of hydrogen-bond acceptors (Lipinski definition) is 2. The van der Waals surface area contributed by atoms with E-state index >= 15 is 0 Å². The number of rotatable bonds is 3. The van der Waals surface area contributed by atoms with E-state index in [0.717, 1.165) is 12.1 Å². The summed E-state index contributed by atoms with van der Waals surface area (Å²) in [5.41, 5.74) is 6.67. The lowest BCUT2D eigenvalue weighted by molar-refractivity contribution is 0.381. The lowest BCUT2D eigenvalue weighted by Gasteiger charge is -2.34. The zero-order chi connectivity index (χ0) is 11.6. The van der Waals surface area contributed by atoms with Crippen LogP contribution in [-0.4, -0.2) is 12.1 Å². The zero-order valence-electron chi connectivity index (χ0n) is 9.67. The van der Waals surface area contributed by atoms with Gasteiger partial charge in [0.15, 0.2) is 0 Å². The highest BCUT2D eigenvalue weighted by molar-refractivity contribution is 5.46. The van der Waals surface area contributed by atoms with E-state index in [-0.39, 0.29) is 11.4 Å². The van der Waals surface area contributed by atoms with Gasteiger partial charge in [-0.05, 0) is 37.0 Å². The molecule has 2 rings (SSSR count). The summed E-state index contributed by atoms with van der Waals surface area (Å²) in [5, 5.41) is 3.43. The van der Waals surface area contributed by atoms with Crippen molar-refractivity contribution in [1.82, 2.24) is 0 Å². The molecule has 1 saturated carbocycles. The van der Waals surface area contributed by atoms with Crippen molar-refractivity contribution >= 4 is 5.69 Å². The molecule has 0 heterocycles. The van der Waals surface area contributed by atoms with Gasteiger partial charge in [-0.3, -0.25) is 0 Å². The third-order valence-corrected chi connectivity index (χ3v) is 3.79. The first kappa shape index (κ1) is 11.4. The molecule has 0 bridgehead atoms. The molecular formula is C13H19FN2. The number of benzene rings is 1. The first-order valence-electron chi connectivity index (χ1n) is 5.90. The number of anilines is 1. The predicted octanol–water partition coefficient (Wildman–Crippen LogP) is 2.76. The minimum absolute atomic E-state index is 0.0478. The summed E-state index contributed by atoms with van der Waals surface area (Å²) in [5.74, 6) is 0.337. The van der Waals surface area contributed by atoms with Crippen LogP contribution in [0.4, 0.5) is 10.1 Å². The minimum atomic E-state index is -0.206. The van der Waals surface area contributed by atoms with E-state index in [2.05, 4.69) is 12.2 Å².